The van der Waals surface area contributed by atoms with Crippen molar-refractivity contribution in [3.63, 3.8) is 0 Å². The molecule has 3 nitrogen and oxygen atoms in total. The minimum absolute atomic E-state index is 0.0351. The van der Waals surface area contributed by atoms with E-state index in [1.807, 2.05) is 0 Å². The molecule has 0 spiro atoms. The summed E-state index contributed by atoms with van der Waals surface area (Å²) >= 11 is 0. The summed E-state index contributed by atoms with van der Waals surface area (Å²) in [7, 11) is 0. The third-order valence-corrected chi connectivity index (χ3v) is 4.18. The fraction of sp³-hybridized carbons (Fsp3) is 0.700. The van der Waals surface area contributed by atoms with Gasteiger partial charge in [0, 0.05) is 25.6 Å². The van der Waals surface area contributed by atoms with Crippen LogP contribution in [0.15, 0.2) is 24.3 Å². The lowest BCUT2D eigenvalue weighted by molar-refractivity contribution is -0.0317. The van der Waals surface area contributed by atoms with Crippen LogP contribution in [0.5, 0.6) is 5.75 Å². The highest BCUT2D eigenvalue weighted by molar-refractivity contribution is 5.31. The van der Waals surface area contributed by atoms with E-state index in [4.69, 9.17) is 9.47 Å². The van der Waals surface area contributed by atoms with Gasteiger partial charge in [-0.05, 0) is 43.9 Å². The molecule has 0 atom stereocenters. The maximum atomic E-state index is 5.93. The van der Waals surface area contributed by atoms with Crippen molar-refractivity contribution < 1.29 is 9.47 Å². The second-order valence-corrected chi connectivity index (χ2v) is 8.67. The maximum absolute atomic E-state index is 5.93. The van der Waals surface area contributed by atoms with Crippen molar-refractivity contribution in [3.05, 3.63) is 29.8 Å². The first-order valence-corrected chi connectivity index (χ1v) is 8.73. The number of hydrogen-bond acceptors (Lipinski definition) is 3. The van der Waals surface area contributed by atoms with Gasteiger partial charge in [0.25, 0.3) is 0 Å². The average molecular weight is 319 g/mol. The molecule has 2 rings (SSSR count). The molecular weight excluding hydrogens is 286 g/mol. The fourth-order valence-corrected chi connectivity index (χ4v) is 2.71. The topological polar surface area (TPSA) is 21.7 Å². The zero-order valence-electron chi connectivity index (χ0n) is 15.7. The van der Waals surface area contributed by atoms with E-state index in [0.717, 1.165) is 38.6 Å². The summed E-state index contributed by atoms with van der Waals surface area (Å²) in [6.07, 6.45) is 0. The van der Waals surface area contributed by atoms with Crippen LogP contribution in [-0.2, 0) is 10.2 Å². The number of ether oxygens (including phenoxy) is 2. The molecule has 0 amide bonds. The smallest absolute Gasteiger partial charge is 0.119 e. The highest BCUT2D eigenvalue weighted by atomic mass is 16.5. The van der Waals surface area contributed by atoms with Gasteiger partial charge in [0.1, 0.15) is 5.75 Å². The summed E-state index contributed by atoms with van der Waals surface area (Å²) in [6.45, 7) is 17.9. The Balaban J connectivity index is 1.63. The van der Waals surface area contributed by atoms with E-state index in [-0.39, 0.29) is 11.0 Å². The van der Waals surface area contributed by atoms with E-state index in [1.165, 1.54) is 5.56 Å². The Hall–Kier alpha value is -1.06. The fourth-order valence-electron chi connectivity index (χ4n) is 2.71. The Morgan fingerprint density at radius 1 is 1.00 bits per heavy atom. The van der Waals surface area contributed by atoms with Crippen molar-refractivity contribution in [3.8, 4) is 5.75 Å². The van der Waals surface area contributed by atoms with Gasteiger partial charge in [-0.1, -0.05) is 32.9 Å². The van der Waals surface area contributed by atoms with Crippen LogP contribution < -0.4 is 4.74 Å². The molecule has 1 aliphatic rings. The molecule has 1 aliphatic heterocycles. The molecule has 130 valence electrons. The predicted octanol–water partition coefficient (Wildman–Crippen LogP) is 4.11. The number of rotatable bonds is 6. The zero-order chi connectivity index (χ0) is 17.1. The van der Waals surface area contributed by atoms with E-state index in [9.17, 15) is 0 Å². The van der Waals surface area contributed by atoms with E-state index in [2.05, 4.69) is 70.7 Å². The average Bonchev–Trinajstić information content (AvgIpc) is 2.38. The lowest BCUT2D eigenvalue weighted by atomic mass is 9.87. The van der Waals surface area contributed by atoms with Crippen LogP contribution in [-0.4, -0.2) is 43.3 Å². The van der Waals surface area contributed by atoms with Crippen LogP contribution in [0.2, 0.25) is 0 Å². The summed E-state index contributed by atoms with van der Waals surface area (Å²) in [5, 5.41) is 0. The van der Waals surface area contributed by atoms with Gasteiger partial charge < -0.3 is 14.4 Å². The number of nitrogens with zero attached hydrogens (tertiary/aromatic N) is 1. The lowest BCUT2D eigenvalue weighted by Crippen LogP contribution is -2.50. The second-order valence-electron chi connectivity index (χ2n) is 8.67. The van der Waals surface area contributed by atoms with Gasteiger partial charge in [0.2, 0.25) is 0 Å². The summed E-state index contributed by atoms with van der Waals surface area (Å²) in [6, 6.07) is 8.53. The molecule has 0 aliphatic carbocycles. The number of likely N-dealkylation sites (tertiary alicyclic amines) is 1. The number of benzene rings is 1. The molecule has 1 aromatic rings. The van der Waals surface area contributed by atoms with Crippen LogP contribution in [0.1, 0.15) is 47.1 Å². The van der Waals surface area contributed by atoms with Crippen molar-refractivity contribution in [2.24, 2.45) is 5.92 Å². The molecule has 1 fully saturated rings. The molecule has 0 unspecified atom stereocenters. The van der Waals surface area contributed by atoms with Crippen molar-refractivity contribution in [1.29, 1.82) is 0 Å². The third-order valence-electron chi connectivity index (χ3n) is 4.18. The first-order valence-electron chi connectivity index (χ1n) is 8.73. The van der Waals surface area contributed by atoms with E-state index >= 15 is 0 Å². The molecular formula is C20H33NO2. The minimum atomic E-state index is -0.0351. The molecule has 1 saturated heterocycles. The van der Waals surface area contributed by atoms with Gasteiger partial charge in [0.15, 0.2) is 0 Å². The van der Waals surface area contributed by atoms with Crippen LogP contribution in [0.3, 0.4) is 0 Å². The molecule has 0 N–H and O–H groups in total. The quantitative estimate of drug-likeness (QED) is 0.787. The lowest BCUT2D eigenvalue weighted by Gasteiger charge is -2.39. The van der Waals surface area contributed by atoms with Gasteiger partial charge in [-0.3, -0.25) is 0 Å². The van der Waals surface area contributed by atoms with Gasteiger partial charge in [-0.15, -0.1) is 0 Å². The summed E-state index contributed by atoms with van der Waals surface area (Å²) < 4.78 is 11.7. The predicted molar refractivity (Wildman–Crippen MR) is 96.3 cm³/mol. The van der Waals surface area contributed by atoms with Crippen molar-refractivity contribution in [1.82, 2.24) is 4.90 Å². The molecule has 23 heavy (non-hydrogen) atoms. The van der Waals surface area contributed by atoms with Crippen LogP contribution in [0.25, 0.3) is 0 Å². The second kappa shape index (κ2) is 7.23. The molecule has 0 aromatic heterocycles. The highest BCUT2D eigenvalue weighted by Crippen LogP contribution is 2.25. The van der Waals surface area contributed by atoms with Gasteiger partial charge in [-0.25, -0.2) is 0 Å². The Bertz CT molecular complexity index is 476. The summed E-state index contributed by atoms with van der Waals surface area (Å²) in [5.74, 6) is 1.62. The summed E-state index contributed by atoms with van der Waals surface area (Å²) in [5.41, 5.74) is 1.51. The van der Waals surface area contributed by atoms with E-state index < -0.39 is 0 Å². The minimum Gasteiger partial charge on any atom is -0.493 e. The molecule has 1 heterocycles. The monoisotopic (exact) mass is 319 g/mol. The first-order chi connectivity index (χ1) is 10.6. The summed E-state index contributed by atoms with van der Waals surface area (Å²) in [4.78, 5) is 2.43. The molecule has 0 saturated carbocycles. The maximum Gasteiger partial charge on any atom is 0.119 e. The standard InChI is InChI=1S/C20H33NO2/c1-19(2,3)17-7-9-18(10-8-17)22-15-16-13-21(14-16)11-12-23-20(4,5)6/h7-10,16H,11-15H2,1-6H3. The largest absolute Gasteiger partial charge is 0.493 e. The van der Waals surface area contributed by atoms with Crippen molar-refractivity contribution >= 4 is 0 Å². The normalized spacial score (nSPS) is 17.1. The van der Waals surface area contributed by atoms with Gasteiger partial charge in [0.05, 0.1) is 18.8 Å². The number of hydrogen-bond donors (Lipinski definition) is 0. The van der Waals surface area contributed by atoms with E-state index in [1.54, 1.807) is 0 Å². The first kappa shape index (κ1) is 18.3. The molecule has 1 aromatic carbocycles. The van der Waals surface area contributed by atoms with E-state index in [0.29, 0.717) is 5.92 Å². The Labute approximate surface area is 142 Å². The van der Waals surface area contributed by atoms with Crippen LogP contribution in [0, 0.1) is 5.92 Å². The SMILES string of the molecule is CC(C)(C)OCCN1CC(COc2ccc(C(C)(C)C)cc2)C1. The van der Waals surface area contributed by atoms with Gasteiger partial charge in [-0.2, -0.15) is 0 Å². The zero-order valence-corrected chi connectivity index (χ0v) is 15.7. The van der Waals surface area contributed by atoms with Crippen molar-refractivity contribution in [2.45, 2.75) is 52.6 Å². The van der Waals surface area contributed by atoms with Crippen LogP contribution >= 0.6 is 0 Å². The van der Waals surface area contributed by atoms with Crippen molar-refractivity contribution in [2.75, 3.05) is 32.8 Å². The van der Waals surface area contributed by atoms with Gasteiger partial charge >= 0.3 is 0 Å². The Morgan fingerprint density at radius 3 is 2.13 bits per heavy atom. The molecule has 3 heteroatoms. The third kappa shape index (κ3) is 6.15. The molecule has 0 bridgehead atoms. The Kier molecular flexibility index (Phi) is 5.74. The van der Waals surface area contributed by atoms with Crippen LogP contribution in [0.4, 0.5) is 0 Å². The molecule has 0 radical (unpaired) electrons. The Morgan fingerprint density at radius 2 is 1.61 bits per heavy atom. The highest BCUT2D eigenvalue weighted by Gasteiger charge is 2.27.